The second-order valence-corrected chi connectivity index (χ2v) is 5.63. The minimum absolute atomic E-state index is 0.0420. The van der Waals surface area contributed by atoms with Crippen molar-refractivity contribution in [1.29, 1.82) is 0 Å². The third-order valence-electron chi connectivity index (χ3n) is 3.57. The van der Waals surface area contributed by atoms with Crippen LogP contribution in [-0.2, 0) is 16.0 Å². The third kappa shape index (κ3) is 3.36. The Balaban J connectivity index is 2.26. The molecule has 0 bridgehead atoms. The van der Waals surface area contributed by atoms with Crippen LogP contribution in [0, 0.1) is 0 Å². The van der Waals surface area contributed by atoms with Crippen molar-refractivity contribution in [2.45, 2.75) is 32.8 Å². The smallest absolute Gasteiger partial charge is 0.270 e. The molecule has 1 heterocycles. The van der Waals surface area contributed by atoms with Crippen molar-refractivity contribution in [3.05, 3.63) is 23.8 Å². The van der Waals surface area contributed by atoms with Crippen LogP contribution in [-0.4, -0.2) is 37.8 Å². The van der Waals surface area contributed by atoms with Crippen LogP contribution in [0.3, 0.4) is 0 Å². The largest absolute Gasteiger partial charge is 0.476 e. The van der Waals surface area contributed by atoms with Gasteiger partial charge in [0, 0.05) is 13.1 Å². The SMILES string of the molecule is CCc1ccc2c(c1)N(CCOCCN)C(=O)C(C)(C)O2. The minimum atomic E-state index is -0.853. The van der Waals surface area contributed by atoms with E-state index in [4.69, 9.17) is 15.2 Å². The highest BCUT2D eigenvalue weighted by Gasteiger charge is 2.40. The summed E-state index contributed by atoms with van der Waals surface area (Å²) in [6.45, 7) is 7.63. The average Bonchev–Trinajstić information content (AvgIpc) is 2.46. The maximum atomic E-state index is 12.6. The Morgan fingerprint density at radius 3 is 2.76 bits per heavy atom. The number of hydrogen-bond donors (Lipinski definition) is 1. The Kier molecular flexibility index (Phi) is 4.85. The Bertz CT molecular complexity index is 514. The molecule has 0 fully saturated rings. The molecule has 0 saturated carbocycles. The van der Waals surface area contributed by atoms with Gasteiger partial charge in [-0.2, -0.15) is 0 Å². The minimum Gasteiger partial charge on any atom is -0.476 e. The van der Waals surface area contributed by atoms with Gasteiger partial charge in [-0.25, -0.2) is 0 Å². The van der Waals surface area contributed by atoms with Crippen molar-refractivity contribution < 1.29 is 14.3 Å². The Hall–Kier alpha value is -1.59. The predicted molar refractivity (Wildman–Crippen MR) is 82.8 cm³/mol. The summed E-state index contributed by atoms with van der Waals surface area (Å²) in [6.07, 6.45) is 0.919. The first-order valence-corrected chi connectivity index (χ1v) is 7.41. The van der Waals surface area contributed by atoms with Crippen LogP contribution < -0.4 is 15.4 Å². The van der Waals surface area contributed by atoms with Crippen LogP contribution in [0.5, 0.6) is 5.75 Å². The van der Waals surface area contributed by atoms with E-state index < -0.39 is 5.60 Å². The molecule has 21 heavy (non-hydrogen) atoms. The van der Waals surface area contributed by atoms with Gasteiger partial charge in [0.1, 0.15) is 5.75 Å². The summed E-state index contributed by atoms with van der Waals surface area (Å²) >= 11 is 0. The van der Waals surface area contributed by atoms with Gasteiger partial charge in [-0.15, -0.1) is 0 Å². The van der Waals surface area contributed by atoms with Gasteiger partial charge in [-0.05, 0) is 38.0 Å². The molecule has 0 aromatic heterocycles. The summed E-state index contributed by atoms with van der Waals surface area (Å²) in [6, 6.07) is 6.00. The van der Waals surface area contributed by atoms with Gasteiger partial charge in [0.25, 0.3) is 5.91 Å². The van der Waals surface area contributed by atoms with Gasteiger partial charge in [0.05, 0.1) is 18.9 Å². The van der Waals surface area contributed by atoms with Crippen LogP contribution in [0.1, 0.15) is 26.3 Å². The van der Waals surface area contributed by atoms with E-state index in [1.807, 2.05) is 18.2 Å². The van der Waals surface area contributed by atoms with Gasteiger partial charge in [0.15, 0.2) is 5.60 Å². The second-order valence-electron chi connectivity index (χ2n) is 5.63. The van der Waals surface area contributed by atoms with E-state index in [-0.39, 0.29) is 5.91 Å². The number of nitrogens with zero attached hydrogens (tertiary/aromatic N) is 1. The third-order valence-corrected chi connectivity index (χ3v) is 3.57. The Morgan fingerprint density at radius 1 is 1.33 bits per heavy atom. The molecule has 0 saturated heterocycles. The molecular formula is C16H24N2O3. The zero-order chi connectivity index (χ0) is 15.5. The van der Waals surface area contributed by atoms with E-state index in [2.05, 4.69) is 6.92 Å². The second kappa shape index (κ2) is 6.45. The molecule has 2 N–H and O–H groups in total. The first kappa shape index (κ1) is 15.8. The summed E-state index contributed by atoms with van der Waals surface area (Å²) in [4.78, 5) is 14.4. The van der Waals surface area contributed by atoms with Gasteiger partial charge in [0.2, 0.25) is 0 Å². The molecule has 0 aliphatic carbocycles. The molecule has 1 aliphatic rings. The molecule has 0 unspecified atom stereocenters. The van der Waals surface area contributed by atoms with Crippen LogP contribution in [0.15, 0.2) is 18.2 Å². The quantitative estimate of drug-likeness (QED) is 0.811. The number of hydrogen-bond acceptors (Lipinski definition) is 4. The van der Waals surface area contributed by atoms with Gasteiger partial charge in [-0.1, -0.05) is 13.0 Å². The maximum absolute atomic E-state index is 12.6. The van der Waals surface area contributed by atoms with E-state index >= 15 is 0 Å². The van der Waals surface area contributed by atoms with Crippen molar-refractivity contribution in [2.24, 2.45) is 5.73 Å². The molecule has 2 rings (SSSR count). The molecular weight excluding hydrogens is 268 g/mol. The highest BCUT2D eigenvalue weighted by Crippen LogP contribution is 2.38. The van der Waals surface area contributed by atoms with Crippen molar-refractivity contribution >= 4 is 11.6 Å². The summed E-state index contributed by atoms with van der Waals surface area (Å²) in [5, 5.41) is 0. The Labute approximate surface area is 126 Å². The summed E-state index contributed by atoms with van der Waals surface area (Å²) < 4.78 is 11.3. The van der Waals surface area contributed by atoms with Crippen molar-refractivity contribution in [3.63, 3.8) is 0 Å². The topological polar surface area (TPSA) is 64.8 Å². The molecule has 0 radical (unpaired) electrons. The van der Waals surface area contributed by atoms with Crippen LogP contribution >= 0.6 is 0 Å². The lowest BCUT2D eigenvalue weighted by atomic mass is 10.0. The number of anilines is 1. The zero-order valence-electron chi connectivity index (χ0n) is 13.0. The lowest BCUT2D eigenvalue weighted by Crippen LogP contribution is -2.53. The van der Waals surface area contributed by atoms with E-state index in [9.17, 15) is 4.79 Å². The fourth-order valence-corrected chi connectivity index (χ4v) is 2.40. The standard InChI is InChI=1S/C16H24N2O3/c1-4-12-5-6-14-13(11-12)18(8-10-20-9-7-17)15(19)16(2,3)21-14/h5-6,11H,4,7-10,17H2,1-3H3. The highest BCUT2D eigenvalue weighted by molar-refractivity contribution is 6.02. The van der Waals surface area contributed by atoms with Gasteiger partial charge >= 0.3 is 0 Å². The average molecular weight is 292 g/mol. The van der Waals surface area contributed by atoms with Crippen LogP contribution in [0.2, 0.25) is 0 Å². The summed E-state index contributed by atoms with van der Waals surface area (Å²) in [7, 11) is 0. The molecule has 116 valence electrons. The fraction of sp³-hybridized carbons (Fsp3) is 0.562. The number of rotatable bonds is 6. The normalized spacial score (nSPS) is 16.6. The van der Waals surface area contributed by atoms with Crippen LogP contribution in [0.4, 0.5) is 5.69 Å². The molecule has 1 aromatic carbocycles. The van der Waals surface area contributed by atoms with Crippen molar-refractivity contribution in [2.75, 3.05) is 31.2 Å². The molecule has 0 atom stereocenters. The number of fused-ring (bicyclic) bond motifs is 1. The monoisotopic (exact) mass is 292 g/mol. The lowest BCUT2D eigenvalue weighted by Gasteiger charge is -2.39. The maximum Gasteiger partial charge on any atom is 0.270 e. The lowest BCUT2D eigenvalue weighted by molar-refractivity contribution is -0.132. The van der Waals surface area contributed by atoms with E-state index in [0.29, 0.717) is 26.3 Å². The fourth-order valence-electron chi connectivity index (χ4n) is 2.40. The summed E-state index contributed by atoms with van der Waals surface area (Å²) in [5.74, 6) is 0.704. The van der Waals surface area contributed by atoms with E-state index in [0.717, 1.165) is 17.9 Å². The number of benzene rings is 1. The molecule has 1 aliphatic heterocycles. The van der Waals surface area contributed by atoms with E-state index in [1.165, 1.54) is 5.56 Å². The van der Waals surface area contributed by atoms with Gasteiger partial charge in [-0.3, -0.25) is 4.79 Å². The number of ether oxygens (including phenoxy) is 2. The number of amides is 1. The first-order valence-electron chi connectivity index (χ1n) is 7.41. The molecule has 5 heteroatoms. The molecule has 5 nitrogen and oxygen atoms in total. The summed E-state index contributed by atoms with van der Waals surface area (Å²) in [5.41, 5.74) is 6.56. The Morgan fingerprint density at radius 2 is 2.10 bits per heavy atom. The number of carbonyl (C=O) groups excluding carboxylic acids is 1. The molecule has 1 amide bonds. The first-order chi connectivity index (χ1) is 9.99. The van der Waals surface area contributed by atoms with Crippen LogP contribution in [0.25, 0.3) is 0 Å². The number of aryl methyl sites for hydroxylation is 1. The van der Waals surface area contributed by atoms with E-state index in [1.54, 1.807) is 18.7 Å². The predicted octanol–water partition coefficient (Wildman–Crippen LogP) is 1.73. The van der Waals surface area contributed by atoms with Crippen molar-refractivity contribution in [1.82, 2.24) is 0 Å². The molecule has 0 spiro atoms. The molecule has 1 aromatic rings. The van der Waals surface area contributed by atoms with Gasteiger partial charge < -0.3 is 20.1 Å². The number of nitrogens with two attached hydrogens (primary N) is 1. The highest BCUT2D eigenvalue weighted by atomic mass is 16.5. The van der Waals surface area contributed by atoms with Crippen molar-refractivity contribution in [3.8, 4) is 5.75 Å². The zero-order valence-corrected chi connectivity index (χ0v) is 13.0. The number of carbonyl (C=O) groups is 1.